The number of nitrogens with one attached hydrogen (secondary N) is 1. The van der Waals surface area contributed by atoms with Gasteiger partial charge in [-0.2, -0.15) is 0 Å². The molecule has 0 saturated carbocycles. The van der Waals surface area contributed by atoms with Gasteiger partial charge in [-0.25, -0.2) is 0 Å². The summed E-state index contributed by atoms with van der Waals surface area (Å²) in [5, 5.41) is 4.16. The van der Waals surface area contributed by atoms with E-state index in [1.807, 2.05) is 13.1 Å². The quantitative estimate of drug-likeness (QED) is 0.813. The minimum atomic E-state index is 0.412. The molecule has 82 valence electrons. The highest BCUT2D eigenvalue weighted by atomic mass is 35.5. The zero-order valence-corrected chi connectivity index (χ0v) is 10.2. The molecule has 1 aliphatic carbocycles. The van der Waals surface area contributed by atoms with Gasteiger partial charge in [-0.15, -0.1) is 0 Å². The van der Waals surface area contributed by atoms with Crippen LogP contribution in [0.25, 0.3) is 0 Å². The molecular formula is C13H18ClN. The van der Waals surface area contributed by atoms with E-state index >= 15 is 0 Å². The first-order valence-corrected chi connectivity index (χ1v) is 5.93. The van der Waals surface area contributed by atoms with Crippen molar-refractivity contribution in [2.45, 2.75) is 26.2 Å². The topological polar surface area (TPSA) is 12.0 Å². The molecule has 1 nitrogen and oxygen atoms in total. The summed E-state index contributed by atoms with van der Waals surface area (Å²) in [6, 6.07) is 6.31. The van der Waals surface area contributed by atoms with Crippen LogP contribution in [0.1, 0.15) is 24.5 Å². The molecule has 0 aliphatic heterocycles. The minimum absolute atomic E-state index is 0.412. The normalized spacial score (nSPS) is 25.0. The maximum atomic E-state index is 6.00. The lowest BCUT2D eigenvalue weighted by molar-refractivity contribution is 0.271. The van der Waals surface area contributed by atoms with Gasteiger partial charge in [0.2, 0.25) is 0 Å². The van der Waals surface area contributed by atoms with Gasteiger partial charge in [0.15, 0.2) is 0 Å². The monoisotopic (exact) mass is 223 g/mol. The maximum absolute atomic E-state index is 6.00. The predicted molar refractivity (Wildman–Crippen MR) is 65.5 cm³/mol. The third-order valence-corrected chi connectivity index (χ3v) is 3.62. The lowest BCUT2D eigenvalue weighted by atomic mass is 9.73. The number of halogens is 1. The summed E-state index contributed by atoms with van der Waals surface area (Å²) in [7, 11) is 2.03. The first-order valence-electron chi connectivity index (χ1n) is 5.55. The first-order chi connectivity index (χ1) is 7.13. The predicted octanol–water partition coefficient (Wildman–Crippen LogP) is 3.05. The maximum Gasteiger partial charge on any atom is 0.0408 e. The highest BCUT2D eigenvalue weighted by Gasteiger charge is 2.28. The number of hydrogen-bond acceptors (Lipinski definition) is 1. The van der Waals surface area contributed by atoms with E-state index in [4.69, 9.17) is 11.6 Å². The summed E-state index contributed by atoms with van der Waals surface area (Å²) in [4.78, 5) is 0. The van der Waals surface area contributed by atoms with Gasteiger partial charge in [0, 0.05) is 11.6 Å². The van der Waals surface area contributed by atoms with Crippen molar-refractivity contribution in [3.8, 4) is 0 Å². The minimum Gasteiger partial charge on any atom is -0.319 e. The largest absolute Gasteiger partial charge is 0.319 e. The number of rotatable bonds is 2. The van der Waals surface area contributed by atoms with Crippen LogP contribution < -0.4 is 5.32 Å². The van der Waals surface area contributed by atoms with Crippen molar-refractivity contribution in [2.75, 3.05) is 13.6 Å². The van der Waals surface area contributed by atoms with Crippen molar-refractivity contribution in [1.29, 1.82) is 0 Å². The van der Waals surface area contributed by atoms with Crippen LogP contribution in [0.4, 0.5) is 0 Å². The third-order valence-electron chi connectivity index (χ3n) is 3.39. The van der Waals surface area contributed by atoms with Crippen LogP contribution >= 0.6 is 11.6 Å². The molecule has 1 aromatic carbocycles. The molecule has 0 aromatic heterocycles. The van der Waals surface area contributed by atoms with Gasteiger partial charge in [0.25, 0.3) is 0 Å². The molecule has 0 amide bonds. The molecule has 15 heavy (non-hydrogen) atoms. The van der Waals surface area contributed by atoms with E-state index in [1.165, 1.54) is 24.0 Å². The van der Waals surface area contributed by atoms with E-state index in [-0.39, 0.29) is 0 Å². The molecule has 2 heteroatoms. The molecule has 1 N–H and O–H groups in total. The molecular weight excluding hydrogens is 206 g/mol. The van der Waals surface area contributed by atoms with E-state index in [0.29, 0.717) is 5.41 Å². The van der Waals surface area contributed by atoms with Gasteiger partial charge in [-0.3, -0.25) is 0 Å². The molecule has 0 radical (unpaired) electrons. The molecule has 1 aliphatic rings. The highest BCUT2D eigenvalue weighted by Crippen LogP contribution is 2.35. The summed E-state index contributed by atoms with van der Waals surface area (Å²) in [6.45, 7) is 3.45. The van der Waals surface area contributed by atoms with Crippen LogP contribution in [0, 0.1) is 5.41 Å². The second-order valence-electron chi connectivity index (χ2n) is 4.93. The second-order valence-corrected chi connectivity index (χ2v) is 5.37. The van der Waals surface area contributed by atoms with Gasteiger partial charge in [0.1, 0.15) is 0 Å². The fourth-order valence-electron chi connectivity index (χ4n) is 2.56. The average Bonchev–Trinajstić information content (AvgIpc) is 2.19. The lowest BCUT2D eigenvalue weighted by Gasteiger charge is -2.35. The number of fused-ring (bicyclic) bond motifs is 1. The van der Waals surface area contributed by atoms with Crippen molar-refractivity contribution < 1.29 is 0 Å². The van der Waals surface area contributed by atoms with Gasteiger partial charge < -0.3 is 5.32 Å². The fourth-order valence-corrected chi connectivity index (χ4v) is 2.76. The highest BCUT2D eigenvalue weighted by molar-refractivity contribution is 6.30. The Morgan fingerprint density at radius 3 is 2.93 bits per heavy atom. The van der Waals surface area contributed by atoms with E-state index < -0.39 is 0 Å². The smallest absolute Gasteiger partial charge is 0.0408 e. The van der Waals surface area contributed by atoms with Crippen molar-refractivity contribution in [3.63, 3.8) is 0 Å². The first kappa shape index (κ1) is 11.0. The summed E-state index contributed by atoms with van der Waals surface area (Å²) in [6.07, 6.45) is 3.58. The number of aryl methyl sites for hydroxylation is 1. The molecule has 0 bridgehead atoms. The average molecular weight is 224 g/mol. The Labute approximate surface area is 96.8 Å². The Hall–Kier alpha value is -0.530. The van der Waals surface area contributed by atoms with E-state index in [2.05, 4.69) is 24.4 Å². The third kappa shape index (κ3) is 2.35. The Kier molecular flexibility index (Phi) is 3.03. The van der Waals surface area contributed by atoms with Crippen LogP contribution in [0.5, 0.6) is 0 Å². The molecule has 0 spiro atoms. The van der Waals surface area contributed by atoms with E-state index in [1.54, 1.807) is 0 Å². The van der Waals surface area contributed by atoms with Crippen molar-refractivity contribution >= 4 is 11.6 Å². The molecule has 1 aromatic rings. The van der Waals surface area contributed by atoms with Crippen molar-refractivity contribution in [3.05, 3.63) is 34.3 Å². The summed E-state index contributed by atoms with van der Waals surface area (Å²) >= 11 is 6.00. The second kappa shape index (κ2) is 4.15. The standard InChI is InChI=1S/C13H18ClN/c1-13(9-15-2)6-5-10-7-12(14)4-3-11(10)8-13/h3-4,7,15H,5-6,8-9H2,1-2H3. The Bertz CT molecular complexity index is 362. The fraction of sp³-hybridized carbons (Fsp3) is 0.538. The van der Waals surface area contributed by atoms with Crippen LogP contribution in [-0.2, 0) is 12.8 Å². The Balaban J connectivity index is 2.23. The number of hydrogen-bond donors (Lipinski definition) is 1. The molecule has 0 fully saturated rings. The zero-order chi connectivity index (χ0) is 10.9. The molecule has 1 unspecified atom stereocenters. The zero-order valence-electron chi connectivity index (χ0n) is 9.44. The molecule has 1 atom stereocenters. The molecule has 0 heterocycles. The van der Waals surface area contributed by atoms with Crippen molar-refractivity contribution in [2.24, 2.45) is 5.41 Å². The van der Waals surface area contributed by atoms with E-state index in [0.717, 1.165) is 18.0 Å². The number of benzene rings is 1. The Morgan fingerprint density at radius 1 is 1.40 bits per heavy atom. The molecule has 0 saturated heterocycles. The summed E-state index contributed by atoms with van der Waals surface area (Å²) < 4.78 is 0. The van der Waals surface area contributed by atoms with Crippen LogP contribution in [0.3, 0.4) is 0 Å². The summed E-state index contributed by atoms with van der Waals surface area (Å²) in [5.74, 6) is 0. The SMILES string of the molecule is CNCC1(C)CCc2cc(Cl)ccc2C1. The van der Waals surface area contributed by atoms with Crippen molar-refractivity contribution in [1.82, 2.24) is 5.32 Å². The molecule has 2 rings (SSSR count). The summed E-state index contributed by atoms with van der Waals surface area (Å²) in [5.41, 5.74) is 3.33. The van der Waals surface area contributed by atoms with Crippen LogP contribution in [-0.4, -0.2) is 13.6 Å². The lowest BCUT2D eigenvalue weighted by Crippen LogP contribution is -2.35. The van der Waals surface area contributed by atoms with Crippen LogP contribution in [0.15, 0.2) is 18.2 Å². The van der Waals surface area contributed by atoms with Gasteiger partial charge in [0.05, 0.1) is 0 Å². The van der Waals surface area contributed by atoms with Gasteiger partial charge in [-0.1, -0.05) is 24.6 Å². The van der Waals surface area contributed by atoms with Gasteiger partial charge in [-0.05, 0) is 55.0 Å². The van der Waals surface area contributed by atoms with Crippen LogP contribution in [0.2, 0.25) is 5.02 Å². The van der Waals surface area contributed by atoms with Gasteiger partial charge >= 0.3 is 0 Å². The Morgan fingerprint density at radius 2 is 2.20 bits per heavy atom. The van der Waals surface area contributed by atoms with E-state index in [9.17, 15) is 0 Å².